The van der Waals surface area contributed by atoms with Crippen LogP contribution in [0.5, 0.6) is 0 Å². The Morgan fingerprint density at radius 3 is 1.23 bits per heavy atom. The summed E-state index contributed by atoms with van der Waals surface area (Å²) in [5.74, 6) is 1.47. The molecule has 0 radical (unpaired) electrons. The van der Waals surface area contributed by atoms with Crippen LogP contribution in [0.2, 0.25) is 0 Å². The van der Waals surface area contributed by atoms with E-state index in [1.807, 2.05) is 0 Å². The molecule has 0 aliphatic heterocycles. The highest BCUT2D eigenvalue weighted by Gasteiger charge is 2.23. The van der Waals surface area contributed by atoms with Gasteiger partial charge in [-0.25, -0.2) is 0 Å². The minimum absolute atomic E-state index is 0.475. The van der Waals surface area contributed by atoms with Gasteiger partial charge in [-0.2, -0.15) is 0 Å². The van der Waals surface area contributed by atoms with Gasteiger partial charge in [-0.05, 0) is 140 Å². The number of hydrogen-bond acceptors (Lipinski definition) is 0. The van der Waals surface area contributed by atoms with E-state index in [1.54, 1.807) is 0 Å². The molecule has 0 spiro atoms. The van der Waals surface area contributed by atoms with Gasteiger partial charge in [0, 0.05) is 0 Å². The van der Waals surface area contributed by atoms with Crippen LogP contribution in [-0.2, 0) is 12.8 Å². The second-order valence-corrected chi connectivity index (χ2v) is 14.2. The van der Waals surface area contributed by atoms with Crippen LogP contribution in [-0.4, -0.2) is 0 Å². The molecule has 0 saturated carbocycles. The maximum Gasteiger partial charge on any atom is -0.00132 e. The Hall–Kier alpha value is -3.90. The van der Waals surface area contributed by atoms with Crippen molar-refractivity contribution >= 4 is 0 Å². The molecule has 0 nitrogen and oxygen atoms in total. The van der Waals surface area contributed by atoms with E-state index in [9.17, 15) is 0 Å². The van der Waals surface area contributed by atoms with E-state index in [2.05, 4.69) is 147 Å². The van der Waals surface area contributed by atoms with Crippen LogP contribution in [0.1, 0.15) is 115 Å². The average molecular weight is 577 g/mol. The molecule has 0 amide bonds. The van der Waals surface area contributed by atoms with Crippen LogP contribution in [0, 0.1) is 20.8 Å². The van der Waals surface area contributed by atoms with E-state index in [1.165, 1.54) is 89.0 Å². The standard InChI is InChI=1S/C44H48/c1-26(2)32-13-10-29(7)39-18-16-35(41(39)23-32)20-37-22-38(44-31(9)12-15-34(28(5)6)25-43(37)44)21-36-17-19-40-30(8)11-14-33(27(3)4)24-42(36)40/h10-19,22-28H,20-21H2,1-9H3. The molecule has 0 aromatic rings. The van der Waals surface area contributed by atoms with E-state index >= 15 is 0 Å². The third kappa shape index (κ3) is 5.56. The van der Waals surface area contributed by atoms with Crippen molar-refractivity contribution in [3.8, 4) is 33.4 Å². The molecule has 6 aliphatic rings. The van der Waals surface area contributed by atoms with Crippen molar-refractivity contribution in [2.24, 2.45) is 0 Å². The van der Waals surface area contributed by atoms with Crippen molar-refractivity contribution in [1.29, 1.82) is 0 Å². The van der Waals surface area contributed by atoms with Crippen LogP contribution in [0.25, 0.3) is 33.4 Å². The highest BCUT2D eigenvalue weighted by Crippen LogP contribution is 2.42. The third-order valence-corrected chi connectivity index (χ3v) is 9.98. The fraction of sp³-hybridized carbons (Fsp3) is 0.318. The predicted molar refractivity (Wildman–Crippen MR) is 191 cm³/mol. The Kier molecular flexibility index (Phi) is 8.14. The molecular formula is C44H48. The molecule has 0 aromatic carbocycles. The van der Waals surface area contributed by atoms with Gasteiger partial charge in [0.1, 0.15) is 0 Å². The van der Waals surface area contributed by atoms with Gasteiger partial charge in [0.2, 0.25) is 0 Å². The van der Waals surface area contributed by atoms with Gasteiger partial charge in [-0.15, -0.1) is 0 Å². The second-order valence-electron chi connectivity index (χ2n) is 14.2. The van der Waals surface area contributed by atoms with Crippen LogP contribution in [0.4, 0.5) is 0 Å². The lowest BCUT2D eigenvalue weighted by Crippen LogP contribution is -1.91. The highest BCUT2D eigenvalue weighted by molar-refractivity contribution is 5.82. The molecule has 0 saturated heterocycles. The highest BCUT2D eigenvalue weighted by atomic mass is 14.3. The van der Waals surface area contributed by atoms with Gasteiger partial charge in [-0.3, -0.25) is 0 Å². The Bertz CT molecular complexity index is 1860. The zero-order valence-electron chi connectivity index (χ0n) is 28.2. The average Bonchev–Trinajstić information content (AvgIpc) is 3.53. The van der Waals surface area contributed by atoms with Crippen molar-refractivity contribution in [1.82, 2.24) is 0 Å². The minimum atomic E-state index is 0.475. The van der Waals surface area contributed by atoms with E-state index in [0.29, 0.717) is 17.8 Å². The van der Waals surface area contributed by atoms with Gasteiger partial charge in [0.25, 0.3) is 0 Å². The quantitative estimate of drug-likeness (QED) is 0.177. The first-order valence-electron chi connectivity index (χ1n) is 16.6. The fourth-order valence-electron chi connectivity index (χ4n) is 7.08. The number of fused-ring (bicyclic) bond motifs is 3. The first-order valence-corrected chi connectivity index (χ1v) is 16.6. The van der Waals surface area contributed by atoms with Gasteiger partial charge in [0.05, 0.1) is 0 Å². The molecule has 6 aliphatic carbocycles. The summed E-state index contributed by atoms with van der Waals surface area (Å²) in [6.07, 6.45) is 1.88. The van der Waals surface area contributed by atoms with Crippen LogP contribution < -0.4 is 0 Å². The van der Waals surface area contributed by atoms with Gasteiger partial charge in [0.15, 0.2) is 0 Å². The molecule has 0 aromatic heterocycles. The summed E-state index contributed by atoms with van der Waals surface area (Å²) in [6.45, 7) is 20.6. The van der Waals surface area contributed by atoms with Crippen molar-refractivity contribution < 1.29 is 0 Å². The molecule has 0 atom stereocenters. The normalized spacial score (nSPS) is 12.1. The molecule has 0 unspecified atom stereocenters. The zero-order valence-corrected chi connectivity index (χ0v) is 28.2. The summed E-state index contributed by atoms with van der Waals surface area (Å²) in [5.41, 5.74) is 22.4. The summed E-state index contributed by atoms with van der Waals surface area (Å²) < 4.78 is 0. The van der Waals surface area contributed by atoms with Gasteiger partial charge in [-0.1, -0.05) is 126 Å². The van der Waals surface area contributed by atoms with E-state index in [0.717, 1.165) is 12.8 Å². The van der Waals surface area contributed by atoms with E-state index in [-0.39, 0.29) is 0 Å². The maximum absolute atomic E-state index is 2.54. The topological polar surface area (TPSA) is 0 Å². The number of aryl methyl sites for hydroxylation is 3. The van der Waals surface area contributed by atoms with E-state index in [4.69, 9.17) is 0 Å². The van der Waals surface area contributed by atoms with Crippen molar-refractivity contribution in [3.05, 3.63) is 141 Å². The molecule has 0 heterocycles. The smallest absolute Gasteiger partial charge is 0.00132 e. The van der Waals surface area contributed by atoms with Crippen molar-refractivity contribution in [2.45, 2.75) is 92.9 Å². The Labute approximate surface area is 266 Å². The predicted octanol–water partition coefficient (Wildman–Crippen LogP) is 12.5. The number of hydrogen-bond donors (Lipinski definition) is 0. The first-order chi connectivity index (χ1) is 21.0. The van der Waals surface area contributed by atoms with Crippen LogP contribution in [0.3, 0.4) is 0 Å². The Balaban J connectivity index is 1.51. The Morgan fingerprint density at radius 2 is 0.773 bits per heavy atom. The zero-order chi connectivity index (χ0) is 31.3. The lowest BCUT2D eigenvalue weighted by molar-refractivity contribution is 0.868. The van der Waals surface area contributed by atoms with E-state index < -0.39 is 0 Å². The SMILES string of the molecule is Cc1ccc(C(C)C)cc2c(Cc3cc(Cc4ccc5c(C)ccc(C(C)C)cc4-5)c4c(C)ccc(C(C)C)cc3-4)ccc1-2. The summed E-state index contributed by atoms with van der Waals surface area (Å²) >= 11 is 0. The summed E-state index contributed by atoms with van der Waals surface area (Å²) in [4.78, 5) is 0. The summed E-state index contributed by atoms with van der Waals surface area (Å²) in [5, 5.41) is 0. The largest absolute Gasteiger partial charge is 0.0587 e. The molecule has 0 heteroatoms. The molecule has 0 N–H and O–H groups in total. The molecule has 6 rings (SSSR count). The first kappa shape index (κ1) is 30.1. The van der Waals surface area contributed by atoms with Crippen molar-refractivity contribution in [3.63, 3.8) is 0 Å². The van der Waals surface area contributed by atoms with Crippen LogP contribution in [0.15, 0.2) is 84.9 Å². The van der Waals surface area contributed by atoms with Gasteiger partial charge < -0.3 is 0 Å². The third-order valence-electron chi connectivity index (χ3n) is 9.98. The van der Waals surface area contributed by atoms with Crippen molar-refractivity contribution in [2.75, 3.05) is 0 Å². The lowest BCUT2D eigenvalue weighted by atomic mass is 9.94. The Morgan fingerprint density at radius 1 is 0.364 bits per heavy atom. The monoisotopic (exact) mass is 576 g/mol. The van der Waals surface area contributed by atoms with Crippen LogP contribution >= 0.6 is 0 Å². The molecule has 0 fully saturated rings. The molecule has 44 heavy (non-hydrogen) atoms. The minimum Gasteiger partial charge on any atom is -0.0587 e. The molecular weight excluding hydrogens is 528 g/mol. The molecule has 0 bridgehead atoms. The lowest BCUT2D eigenvalue weighted by Gasteiger charge is -2.10. The second kappa shape index (κ2) is 11.9. The fourth-order valence-corrected chi connectivity index (χ4v) is 7.08. The van der Waals surface area contributed by atoms with Gasteiger partial charge >= 0.3 is 0 Å². The summed E-state index contributed by atoms with van der Waals surface area (Å²) in [6, 6.07) is 33.3. The maximum atomic E-state index is 2.54. The molecule has 224 valence electrons. The summed E-state index contributed by atoms with van der Waals surface area (Å²) in [7, 11) is 0. The number of rotatable bonds is 7.